The molecule has 1 nitrogen and oxygen atoms in total. The van der Waals surface area contributed by atoms with Crippen molar-refractivity contribution in [2.45, 2.75) is 13.8 Å². The summed E-state index contributed by atoms with van der Waals surface area (Å²) < 4.78 is 1.37. The van der Waals surface area contributed by atoms with Crippen molar-refractivity contribution in [3.8, 4) is 0 Å². The first-order chi connectivity index (χ1) is 9.65. The van der Waals surface area contributed by atoms with Crippen LogP contribution in [-0.2, 0) is 0 Å². The monoisotopic (exact) mass is 391 g/mol. The number of thiophene rings is 1. The van der Waals surface area contributed by atoms with Crippen molar-refractivity contribution in [1.29, 1.82) is 0 Å². The molecule has 0 aliphatic carbocycles. The van der Waals surface area contributed by atoms with E-state index in [9.17, 15) is 0 Å². The molecule has 0 amide bonds. The van der Waals surface area contributed by atoms with E-state index in [0.717, 1.165) is 11.2 Å². The number of rotatable bonds is 2. The molecule has 20 heavy (non-hydrogen) atoms. The lowest BCUT2D eigenvalue weighted by molar-refractivity contribution is 1.37. The molecule has 0 aliphatic heterocycles. The predicted octanol–water partition coefficient (Wildman–Crippen LogP) is 5.69. The number of pyridine rings is 1. The van der Waals surface area contributed by atoms with Gasteiger partial charge in [0.1, 0.15) is 0 Å². The van der Waals surface area contributed by atoms with E-state index in [1.54, 1.807) is 0 Å². The fourth-order valence-corrected chi connectivity index (χ4v) is 3.92. The average Bonchev–Trinajstić information content (AvgIpc) is 2.72. The van der Waals surface area contributed by atoms with Gasteiger partial charge < -0.3 is 0 Å². The predicted molar refractivity (Wildman–Crippen MR) is 97.2 cm³/mol. The van der Waals surface area contributed by atoms with Gasteiger partial charge in [0.15, 0.2) is 0 Å². The van der Waals surface area contributed by atoms with Gasteiger partial charge in [-0.3, -0.25) is 0 Å². The lowest BCUT2D eigenvalue weighted by Crippen LogP contribution is -1.82. The van der Waals surface area contributed by atoms with Gasteiger partial charge in [0.25, 0.3) is 0 Å². The van der Waals surface area contributed by atoms with Crippen LogP contribution in [0.1, 0.15) is 21.0 Å². The second-order valence-corrected chi connectivity index (χ2v) is 7.06. The fourth-order valence-electron chi connectivity index (χ4n) is 2.15. The zero-order chi connectivity index (χ0) is 14.1. The molecule has 2 heterocycles. The maximum Gasteiger partial charge on any atom is 0.0709 e. The van der Waals surface area contributed by atoms with E-state index in [-0.39, 0.29) is 0 Å². The molecular weight excluding hydrogens is 377 g/mol. The highest BCUT2D eigenvalue weighted by molar-refractivity contribution is 14.1. The Kier molecular flexibility index (Phi) is 3.89. The number of halogens is 1. The Hall–Kier alpha value is -1.20. The number of para-hydroxylation sites is 1. The fraction of sp³-hybridized carbons (Fsp3) is 0.118. The van der Waals surface area contributed by atoms with Gasteiger partial charge in [-0.25, -0.2) is 4.98 Å². The largest absolute Gasteiger partial charge is 0.248 e. The molecule has 2 aromatic heterocycles. The summed E-state index contributed by atoms with van der Waals surface area (Å²) in [5.74, 6) is 0. The van der Waals surface area contributed by atoms with E-state index in [0.29, 0.717) is 0 Å². The van der Waals surface area contributed by atoms with Gasteiger partial charge in [0, 0.05) is 18.7 Å². The van der Waals surface area contributed by atoms with Crippen LogP contribution in [0.25, 0.3) is 23.1 Å². The van der Waals surface area contributed by atoms with Gasteiger partial charge in [-0.15, -0.1) is 11.3 Å². The molecule has 0 fully saturated rings. The number of hydrogen-bond donors (Lipinski definition) is 0. The minimum Gasteiger partial charge on any atom is -0.248 e. The number of aromatic nitrogens is 1. The molecule has 0 atom stereocenters. The molecule has 0 bridgehead atoms. The van der Waals surface area contributed by atoms with Crippen LogP contribution in [0.3, 0.4) is 0 Å². The van der Waals surface area contributed by atoms with Crippen LogP contribution in [-0.4, -0.2) is 4.98 Å². The molecule has 0 saturated heterocycles. The second kappa shape index (κ2) is 5.66. The van der Waals surface area contributed by atoms with Crippen LogP contribution in [0.2, 0.25) is 0 Å². The number of hydrogen-bond acceptors (Lipinski definition) is 2. The Balaban J connectivity index is 1.95. The molecule has 0 aliphatic rings. The summed E-state index contributed by atoms with van der Waals surface area (Å²) in [6.45, 7) is 4.35. The lowest BCUT2D eigenvalue weighted by atomic mass is 10.2. The quantitative estimate of drug-likeness (QED) is 0.512. The minimum absolute atomic E-state index is 1.00. The first-order valence-corrected chi connectivity index (χ1v) is 8.34. The van der Waals surface area contributed by atoms with E-state index >= 15 is 0 Å². The summed E-state index contributed by atoms with van der Waals surface area (Å²) in [5.41, 5.74) is 3.41. The molecule has 100 valence electrons. The van der Waals surface area contributed by atoms with E-state index in [2.05, 4.69) is 77.8 Å². The van der Waals surface area contributed by atoms with E-state index < -0.39 is 0 Å². The molecule has 0 radical (unpaired) electrons. The maximum absolute atomic E-state index is 4.67. The Morgan fingerprint density at radius 1 is 1.05 bits per heavy atom. The summed E-state index contributed by atoms with van der Waals surface area (Å²) in [4.78, 5) is 7.37. The average molecular weight is 391 g/mol. The Morgan fingerprint density at radius 3 is 2.60 bits per heavy atom. The Labute approximate surface area is 136 Å². The Bertz CT molecular complexity index is 802. The van der Waals surface area contributed by atoms with Crippen LogP contribution in [0.4, 0.5) is 0 Å². The van der Waals surface area contributed by atoms with Crippen LogP contribution in [0.5, 0.6) is 0 Å². The highest BCUT2D eigenvalue weighted by Gasteiger charge is 2.06. The third kappa shape index (κ3) is 2.65. The molecule has 3 heteroatoms. The highest BCUT2D eigenvalue weighted by atomic mass is 127. The van der Waals surface area contributed by atoms with Gasteiger partial charge >= 0.3 is 0 Å². The smallest absolute Gasteiger partial charge is 0.0709 e. The number of aryl methyl sites for hydroxylation is 1. The molecule has 0 spiro atoms. The topological polar surface area (TPSA) is 12.9 Å². The normalized spacial score (nSPS) is 11.6. The maximum atomic E-state index is 4.67. The first kappa shape index (κ1) is 13.8. The molecule has 0 N–H and O–H groups in total. The van der Waals surface area contributed by atoms with Crippen molar-refractivity contribution >= 4 is 57.0 Å². The Morgan fingerprint density at radius 2 is 1.85 bits per heavy atom. The molecule has 3 rings (SSSR count). The summed E-state index contributed by atoms with van der Waals surface area (Å²) in [7, 11) is 0. The SMILES string of the molecule is Cc1sc(C=Cc2ccc3ccccc3n2)c(C)c1I. The summed E-state index contributed by atoms with van der Waals surface area (Å²) in [6, 6.07) is 12.4. The van der Waals surface area contributed by atoms with Crippen molar-refractivity contribution < 1.29 is 0 Å². The molecular formula is C17H14INS. The van der Waals surface area contributed by atoms with Crippen molar-refractivity contribution in [3.63, 3.8) is 0 Å². The third-order valence-corrected chi connectivity index (χ3v) is 6.45. The van der Waals surface area contributed by atoms with Crippen molar-refractivity contribution in [1.82, 2.24) is 4.98 Å². The van der Waals surface area contributed by atoms with Crippen LogP contribution < -0.4 is 0 Å². The van der Waals surface area contributed by atoms with Gasteiger partial charge in [0.2, 0.25) is 0 Å². The summed E-state index contributed by atoms with van der Waals surface area (Å²) >= 11 is 4.26. The van der Waals surface area contributed by atoms with E-state index in [1.165, 1.54) is 24.3 Å². The highest BCUT2D eigenvalue weighted by Crippen LogP contribution is 2.30. The lowest BCUT2D eigenvalue weighted by Gasteiger charge is -1.98. The standard InChI is InChI=1S/C17H14INS/c1-11-16(20-12(2)17(11)18)10-9-14-8-7-13-5-3-4-6-15(13)19-14/h3-10H,1-2H3. The van der Waals surface area contributed by atoms with Crippen LogP contribution in [0, 0.1) is 17.4 Å². The van der Waals surface area contributed by atoms with E-state index in [1.807, 2.05) is 23.5 Å². The summed E-state index contributed by atoms with van der Waals surface area (Å²) in [5, 5.41) is 1.18. The zero-order valence-electron chi connectivity index (χ0n) is 11.4. The van der Waals surface area contributed by atoms with Crippen molar-refractivity contribution in [3.05, 3.63) is 61.0 Å². The second-order valence-electron chi connectivity index (χ2n) is 4.72. The molecule has 0 saturated carbocycles. The van der Waals surface area contributed by atoms with Gasteiger partial charge in [-0.05, 0) is 66.3 Å². The number of nitrogens with zero attached hydrogens (tertiary/aromatic N) is 1. The minimum atomic E-state index is 1.00. The van der Waals surface area contributed by atoms with Crippen molar-refractivity contribution in [2.24, 2.45) is 0 Å². The third-order valence-electron chi connectivity index (χ3n) is 3.30. The van der Waals surface area contributed by atoms with Crippen LogP contribution in [0.15, 0.2) is 36.4 Å². The van der Waals surface area contributed by atoms with Gasteiger partial charge in [-0.2, -0.15) is 0 Å². The number of fused-ring (bicyclic) bond motifs is 1. The zero-order valence-corrected chi connectivity index (χ0v) is 14.3. The van der Waals surface area contributed by atoms with E-state index in [4.69, 9.17) is 0 Å². The number of benzene rings is 1. The molecule has 1 aromatic carbocycles. The molecule has 3 aromatic rings. The molecule has 0 unspecified atom stereocenters. The van der Waals surface area contributed by atoms with Gasteiger partial charge in [-0.1, -0.05) is 24.3 Å². The van der Waals surface area contributed by atoms with Gasteiger partial charge in [0.05, 0.1) is 11.2 Å². The summed E-state index contributed by atoms with van der Waals surface area (Å²) in [6.07, 6.45) is 4.27. The van der Waals surface area contributed by atoms with Crippen molar-refractivity contribution in [2.75, 3.05) is 0 Å². The first-order valence-electron chi connectivity index (χ1n) is 6.44. The van der Waals surface area contributed by atoms with Crippen LogP contribution >= 0.6 is 33.9 Å².